The van der Waals surface area contributed by atoms with Gasteiger partial charge >= 0.3 is 0 Å². The average Bonchev–Trinajstić information content (AvgIpc) is 2.73. The molecule has 1 saturated heterocycles. The van der Waals surface area contributed by atoms with E-state index in [4.69, 9.17) is 0 Å². The summed E-state index contributed by atoms with van der Waals surface area (Å²) < 4.78 is 1.96. The van der Waals surface area contributed by atoms with Gasteiger partial charge in [0.1, 0.15) is 0 Å². The molecule has 3 rings (SSSR count). The third-order valence-electron chi connectivity index (χ3n) is 3.36. The molecule has 0 unspecified atom stereocenters. The van der Waals surface area contributed by atoms with Crippen molar-refractivity contribution in [2.45, 2.75) is 13.5 Å². The predicted octanol–water partition coefficient (Wildman–Crippen LogP) is 1.05. The number of aryl methyl sites for hydroxylation is 1. The van der Waals surface area contributed by atoms with E-state index in [0.717, 1.165) is 32.7 Å². The molecule has 0 spiro atoms. The van der Waals surface area contributed by atoms with Crippen molar-refractivity contribution in [3.05, 3.63) is 35.7 Å². The van der Waals surface area contributed by atoms with Crippen LogP contribution in [0.15, 0.2) is 24.5 Å². The quantitative estimate of drug-likeness (QED) is 0.837. The lowest BCUT2D eigenvalue weighted by Crippen LogP contribution is -2.42. The van der Waals surface area contributed by atoms with Gasteiger partial charge in [-0.15, -0.1) is 0 Å². The van der Waals surface area contributed by atoms with Crippen LogP contribution < -0.4 is 5.32 Å². The number of rotatable bonds is 2. The Labute approximate surface area is 101 Å². The van der Waals surface area contributed by atoms with Crippen LogP contribution >= 0.6 is 0 Å². The van der Waals surface area contributed by atoms with Crippen molar-refractivity contribution in [3.63, 3.8) is 0 Å². The molecule has 0 bridgehead atoms. The number of hydrogen-bond donors (Lipinski definition) is 1. The molecule has 90 valence electrons. The van der Waals surface area contributed by atoms with E-state index < -0.39 is 0 Å². The van der Waals surface area contributed by atoms with Gasteiger partial charge in [-0.2, -0.15) is 5.10 Å². The summed E-state index contributed by atoms with van der Waals surface area (Å²) in [5, 5.41) is 7.78. The summed E-state index contributed by atoms with van der Waals surface area (Å²) >= 11 is 0. The van der Waals surface area contributed by atoms with Crippen LogP contribution in [0.3, 0.4) is 0 Å². The number of piperazine rings is 1. The Morgan fingerprint density at radius 2 is 2.18 bits per heavy atom. The Bertz CT molecular complexity index is 511. The summed E-state index contributed by atoms with van der Waals surface area (Å²) in [6.45, 7) is 7.58. The zero-order chi connectivity index (χ0) is 11.7. The van der Waals surface area contributed by atoms with Crippen molar-refractivity contribution in [3.8, 4) is 0 Å². The Kier molecular flexibility index (Phi) is 2.82. The van der Waals surface area contributed by atoms with Crippen molar-refractivity contribution >= 4 is 5.52 Å². The number of aromatic nitrogens is 2. The van der Waals surface area contributed by atoms with Crippen LogP contribution in [0.25, 0.3) is 5.52 Å². The summed E-state index contributed by atoms with van der Waals surface area (Å²) in [6.07, 6.45) is 4.03. The molecule has 1 fully saturated rings. The Balaban J connectivity index is 1.86. The van der Waals surface area contributed by atoms with Crippen molar-refractivity contribution in [2.24, 2.45) is 0 Å². The molecule has 4 heteroatoms. The summed E-state index contributed by atoms with van der Waals surface area (Å²) in [4.78, 5) is 2.48. The minimum absolute atomic E-state index is 1.01. The van der Waals surface area contributed by atoms with E-state index in [-0.39, 0.29) is 0 Å². The second-order valence-corrected chi connectivity index (χ2v) is 4.73. The molecule has 0 radical (unpaired) electrons. The van der Waals surface area contributed by atoms with E-state index >= 15 is 0 Å². The lowest BCUT2D eigenvalue weighted by Gasteiger charge is -2.26. The summed E-state index contributed by atoms with van der Waals surface area (Å²) in [5.41, 5.74) is 3.86. The fourth-order valence-corrected chi connectivity index (χ4v) is 2.37. The maximum absolute atomic E-state index is 4.40. The lowest BCUT2D eigenvalue weighted by molar-refractivity contribution is 0.234. The molecule has 4 nitrogen and oxygen atoms in total. The molecule has 0 amide bonds. The molecule has 3 heterocycles. The average molecular weight is 230 g/mol. The first kappa shape index (κ1) is 10.7. The van der Waals surface area contributed by atoms with E-state index in [1.54, 1.807) is 0 Å². The fraction of sp³-hybridized carbons (Fsp3) is 0.462. The van der Waals surface area contributed by atoms with Crippen LogP contribution in [0, 0.1) is 6.92 Å². The standard InChI is InChI=1S/C13H18N4/c1-11-2-5-17-13(8-11)12(9-15-17)10-16-6-3-14-4-7-16/h2,5,8-9,14H,3-4,6-7,10H2,1H3. The summed E-state index contributed by atoms with van der Waals surface area (Å²) in [7, 11) is 0. The maximum atomic E-state index is 4.40. The highest BCUT2D eigenvalue weighted by Crippen LogP contribution is 2.14. The molecule has 1 N–H and O–H groups in total. The van der Waals surface area contributed by atoms with Gasteiger partial charge < -0.3 is 5.32 Å². The Morgan fingerprint density at radius 3 is 3.00 bits per heavy atom. The zero-order valence-corrected chi connectivity index (χ0v) is 10.2. The molecule has 1 aliphatic rings. The van der Waals surface area contributed by atoms with E-state index in [1.165, 1.54) is 16.6 Å². The van der Waals surface area contributed by atoms with Crippen LogP contribution in [0.5, 0.6) is 0 Å². The van der Waals surface area contributed by atoms with Gasteiger partial charge in [-0.1, -0.05) is 0 Å². The predicted molar refractivity (Wildman–Crippen MR) is 68.1 cm³/mol. The third-order valence-corrected chi connectivity index (χ3v) is 3.36. The normalized spacial score (nSPS) is 17.7. The van der Waals surface area contributed by atoms with E-state index in [9.17, 15) is 0 Å². The first-order valence-electron chi connectivity index (χ1n) is 6.19. The molecular weight excluding hydrogens is 212 g/mol. The second kappa shape index (κ2) is 4.47. The number of hydrogen-bond acceptors (Lipinski definition) is 3. The van der Waals surface area contributed by atoms with Crippen molar-refractivity contribution in [2.75, 3.05) is 26.2 Å². The number of pyridine rings is 1. The van der Waals surface area contributed by atoms with Crippen LogP contribution in [-0.2, 0) is 6.54 Å². The second-order valence-electron chi connectivity index (χ2n) is 4.73. The number of nitrogens with one attached hydrogen (secondary N) is 1. The molecule has 2 aromatic rings. The molecule has 17 heavy (non-hydrogen) atoms. The first-order chi connectivity index (χ1) is 8.33. The van der Waals surface area contributed by atoms with Crippen LogP contribution in [-0.4, -0.2) is 40.7 Å². The maximum Gasteiger partial charge on any atom is 0.0709 e. The molecule has 0 aliphatic carbocycles. The highest BCUT2D eigenvalue weighted by molar-refractivity contribution is 5.55. The van der Waals surface area contributed by atoms with E-state index in [1.807, 2.05) is 16.9 Å². The van der Waals surface area contributed by atoms with E-state index in [2.05, 4.69) is 34.4 Å². The monoisotopic (exact) mass is 230 g/mol. The van der Waals surface area contributed by atoms with Gasteiger partial charge in [0.15, 0.2) is 0 Å². The topological polar surface area (TPSA) is 32.6 Å². The van der Waals surface area contributed by atoms with Gasteiger partial charge in [0.25, 0.3) is 0 Å². The first-order valence-corrected chi connectivity index (χ1v) is 6.19. The highest BCUT2D eigenvalue weighted by atomic mass is 15.2. The van der Waals surface area contributed by atoms with Gasteiger partial charge in [0.05, 0.1) is 11.7 Å². The smallest absolute Gasteiger partial charge is 0.0709 e. The van der Waals surface area contributed by atoms with Crippen LogP contribution in [0.1, 0.15) is 11.1 Å². The number of nitrogens with zero attached hydrogens (tertiary/aromatic N) is 3. The van der Waals surface area contributed by atoms with Crippen LogP contribution in [0.2, 0.25) is 0 Å². The fourth-order valence-electron chi connectivity index (χ4n) is 2.37. The minimum atomic E-state index is 1.01. The molecular formula is C13H18N4. The molecule has 0 atom stereocenters. The van der Waals surface area contributed by atoms with Crippen molar-refractivity contribution < 1.29 is 0 Å². The SMILES string of the molecule is Cc1ccn2ncc(CN3CCNCC3)c2c1. The molecule has 0 saturated carbocycles. The highest BCUT2D eigenvalue weighted by Gasteiger charge is 2.12. The Hall–Kier alpha value is -1.39. The van der Waals surface area contributed by atoms with E-state index in [0.29, 0.717) is 0 Å². The Morgan fingerprint density at radius 1 is 1.35 bits per heavy atom. The molecule has 0 aromatic carbocycles. The van der Waals surface area contributed by atoms with Gasteiger partial charge in [0, 0.05) is 44.5 Å². The third kappa shape index (κ3) is 2.18. The van der Waals surface area contributed by atoms with Crippen molar-refractivity contribution in [1.29, 1.82) is 0 Å². The lowest BCUT2D eigenvalue weighted by atomic mass is 10.2. The van der Waals surface area contributed by atoms with Gasteiger partial charge in [-0.3, -0.25) is 4.90 Å². The largest absolute Gasteiger partial charge is 0.314 e. The number of fused-ring (bicyclic) bond motifs is 1. The molecule has 1 aliphatic heterocycles. The van der Waals surface area contributed by atoms with Crippen molar-refractivity contribution in [1.82, 2.24) is 19.8 Å². The summed E-state index contributed by atoms with van der Waals surface area (Å²) in [6, 6.07) is 4.30. The zero-order valence-electron chi connectivity index (χ0n) is 10.2. The van der Waals surface area contributed by atoms with Gasteiger partial charge in [0.2, 0.25) is 0 Å². The van der Waals surface area contributed by atoms with Crippen LogP contribution in [0.4, 0.5) is 0 Å². The summed E-state index contributed by atoms with van der Waals surface area (Å²) in [5.74, 6) is 0. The van der Waals surface area contributed by atoms with Gasteiger partial charge in [-0.05, 0) is 24.6 Å². The minimum Gasteiger partial charge on any atom is -0.314 e. The van der Waals surface area contributed by atoms with Gasteiger partial charge in [-0.25, -0.2) is 4.52 Å². The molecule has 2 aromatic heterocycles.